The van der Waals surface area contributed by atoms with Crippen LogP contribution in [0.1, 0.15) is 13.8 Å². The van der Waals surface area contributed by atoms with Crippen molar-refractivity contribution in [1.29, 1.82) is 0 Å². The lowest BCUT2D eigenvalue weighted by atomic mass is 10.1. The molecule has 2 rings (SSSR count). The predicted octanol–water partition coefficient (Wildman–Crippen LogP) is 3.39. The molecule has 6 heteroatoms. The van der Waals surface area contributed by atoms with Gasteiger partial charge in [0.25, 0.3) is 5.69 Å². The summed E-state index contributed by atoms with van der Waals surface area (Å²) in [6, 6.07) is 4.44. The van der Waals surface area contributed by atoms with Crippen LogP contribution in [0.5, 0.6) is 0 Å². The van der Waals surface area contributed by atoms with E-state index in [1.165, 1.54) is 12.1 Å². The second-order valence-corrected chi connectivity index (χ2v) is 4.54. The highest BCUT2D eigenvalue weighted by Crippen LogP contribution is 2.32. The number of hydrogen-bond acceptors (Lipinski definition) is 4. The summed E-state index contributed by atoms with van der Waals surface area (Å²) in [7, 11) is 0. The number of rotatable bonds is 2. The van der Waals surface area contributed by atoms with Gasteiger partial charge in [0.1, 0.15) is 0 Å². The molecular formula is C12H12ClN3O2. The van der Waals surface area contributed by atoms with Gasteiger partial charge in [0, 0.05) is 12.1 Å². The van der Waals surface area contributed by atoms with Gasteiger partial charge in [-0.1, -0.05) is 17.7 Å². The minimum absolute atomic E-state index is 0.0240. The second-order valence-electron chi connectivity index (χ2n) is 4.13. The third-order valence-corrected chi connectivity index (χ3v) is 2.97. The van der Waals surface area contributed by atoms with E-state index >= 15 is 0 Å². The van der Waals surface area contributed by atoms with E-state index in [0.717, 1.165) is 5.57 Å². The van der Waals surface area contributed by atoms with E-state index in [1.807, 2.05) is 19.9 Å². The van der Waals surface area contributed by atoms with Gasteiger partial charge in [0.05, 0.1) is 27.9 Å². The van der Waals surface area contributed by atoms with Crippen LogP contribution in [-0.4, -0.2) is 17.2 Å². The average molecular weight is 266 g/mol. The van der Waals surface area contributed by atoms with Gasteiger partial charge in [0.2, 0.25) is 0 Å². The van der Waals surface area contributed by atoms with Gasteiger partial charge < -0.3 is 0 Å². The lowest BCUT2D eigenvalue weighted by molar-refractivity contribution is -0.384. The maximum Gasteiger partial charge on any atom is 0.271 e. The number of nitro benzene ring substituents is 1. The highest BCUT2D eigenvalue weighted by atomic mass is 35.5. The second kappa shape index (κ2) is 4.78. The van der Waals surface area contributed by atoms with Crippen LogP contribution in [0, 0.1) is 10.1 Å². The fourth-order valence-electron chi connectivity index (χ4n) is 1.83. The Kier molecular flexibility index (Phi) is 3.34. The van der Waals surface area contributed by atoms with Gasteiger partial charge in [-0.25, -0.2) is 0 Å². The van der Waals surface area contributed by atoms with Crippen LogP contribution >= 0.6 is 11.6 Å². The first-order valence-corrected chi connectivity index (χ1v) is 5.82. The molecule has 0 radical (unpaired) electrons. The predicted molar refractivity (Wildman–Crippen MR) is 72.3 cm³/mol. The summed E-state index contributed by atoms with van der Waals surface area (Å²) in [6.07, 6.45) is 3.78. The van der Waals surface area contributed by atoms with Crippen molar-refractivity contribution in [2.24, 2.45) is 5.10 Å². The molecule has 0 saturated carbocycles. The van der Waals surface area contributed by atoms with Crippen molar-refractivity contribution < 1.29 is 4.92 Å². The molecule has 0 bridgehead atoms. The first-order chi connectivity index (χ1) is 8.49. The lowest BCUT2D eigenvalue weighted by Crippen LogP contribution is -2.29. The van der Waals surface area contributed by atoms with Crippen molar-refractivity contribution in [2.75, 3.05) is 5.01 Å². The van der Waals surface area contributed by atoms with Crippen molar-refractivity contribution >= 4 is 29.2 Å². The molecule has 0 saturated heterocycles. The van der Waals surface area contributed by atoms with Crippen molar-refractivity contribution in [3.05, 3.63) is 45.0 Å². The monoisotopic (exact) mass is 265 g/mol. The maximum atomic E-state index is 10.6. The number of allylic oxidation sites excluding steroid dienone is 1. The molecule has 0 aromatic heterocycles. The third-order valence-electron chi connectivity index (χ3n) is 2.66. The molecule has 1 atom stereocenters. The number of non-ortho nitro benzene ring substituents is 1. The van der Waals surface area contributed by atoms with Crippen LogP contribution in [0.25, 0.3) is 0 Å². The first-order valence-electron chi connectivity index (χ1n) is 5.44. The van der Waals surface area contributed by atoms with Crippen molar-refractivity contribution in [3.63, 3.8) is 0 Å². The van der Waals surface area contributed by atoms with E-state index in [0.29, 0.717) is 10.7 Å². The Hall–Kier alpha value is -1.88. The highest BCUT2D eigenvalue weighted by Gasteiger charge is 2.19. The van der Waals surface area contributed by atoms with Crippen LogP contribution < -0.4 is 5.01 Å². The minimum Gasteiger partial charge on any atom is -0.258 e. The van der Waals surface area contributed by atoms with Crippen LogP contribution in [0.4, 0.5) is 11.4 Å². The number of benzene rings is 1. The fraction of sp³-hybridized carbons (Fsp3) is 0.250. The molecule has 1 aromatic carbocycles. The fourth-order valence-corrected chi connectivity index (χ4v) is 2.09. The van der Waals surface area contributed by atoms with E-state index in [4.69, 9.17) is 11.6 Å². The summed E-state index contributed by atoms with van der Waals surface area (Å²) >= 11 is 6.07. The number of anilines is 1. The summed E-state index contributed by atoms with van der Waals surface area (Å²) in [5.74, 6) is 0. The average Bonchev–Trinajstić information content (AvgIpc) is 2.30. The van der Waals surface area contributed by atoms with E-state index < -0.39 is 4.92 Å². The topological polar surface area (TPSA) is 58.7 Å². The van der Waals surface area contributed by atoms with Crippen LogP contribution in [0.15, 0.2) is 34.9 Å². The number of nitrogens with zero attached hydrogens (tertiary/aromatic N) is 3. The molecule has 0 fully saturated rings. The SMILES string of the molecule is CC1=CC(C)N(c2ccc([N+](=O)[O-])cc2Cl)N=C1. The van der Waals surface area contributed by atoms with E-state index in [2.05, 4.69) is 5.10 Å². The van der Waals surface area contributed by atoms with Gasteiger partial charge in [-0.05, 0) is 25.5 Å². The molecular weight excluding hydrogens is 254 g/mol. The summed E-state index contributed by atoms with van der Waals surface area (Å²) in [6.45, 7) is 3.95. The number of hydrazone groups is 1. The smallest absolute Gasteiger partial charge is 0.258 e. The largest absolute Gasteiger partial charge is 0.271 e. The zero-order valence-corrected chi connectivity index (χ0v) is 10.8. The Balaban J connectivity index is 2.36. The molecule has 1 aliphatic heterocycles. The van der Waals surface area contributed by atoms with Crippen LogP contribution in [0.2, 0.25) is 5.02 Å². The molecule has 1 aromatic rings. The normalized spacial score (nSPS) is 18.7. The molecule has 0 N–H and O–H groups in total. The summed E-state index contributed by atoms with van der Waals surface area (Å²) < 4.78 is 0. The molecule has 0 spiro atoms. The molecule has 5 nitrogen and oxygen atoms in total. The quantitative estimate of drug-likeness (QED) is 0.608. The lowest BCUT2D eigenvalue weighted by Gasteiger charge is -2.27. The van der Waals surface area contributed by atoms with Crippen molar-refractivity contribution in [1.82, 2.24) is 0 Å². The summed E-state index contributed by atoms with van der Waals surface area (Å²) in [4.78, 5) is 10.2. The minimum atomic E-state index is -0.470. The molecule has 0 aliphatic carbocycles. The van der Waals surface area contributed by atoms with Crippen molar-refractivity contribution in [3.8, 4) is 0 Å². The Morgan fingerprint density at radius 3 is 2.78 bits per heavy atom. The van der Waals surface area contributed by atoms with Gasteiger partial charge in [-0.2, -0.15) is 5.10 Å². The molecule has 18 heavy (non-hydrogen) atoms. The van der Waals surface area contributed by atoms with Crippen molar-refractivity contribution in [2.45, 2.75) is 19.9 Å². The van der Waals surface area contributed by atoms with Gasteiger partial charge in [-0.3, -0.25) is 15.1 Å². The first kappa shape index (κ1) is 12.6. The summed E-state index contributed by atoms with van der Waals surface area (Å²) in [5, 5.41) is 17.0. The van der Waals surface area contributed by atoms with Crippen LogP contribution in [-0.2, 0) is 0 Å². The zero-order valence-electron chi connectivity index (χ0n) is 10.0. The Bertz CT molecular complexity index is 554. The van der Waals surface area contributed by atoms with Gasteiger partial charge in [0.15, 0.2) is 0 Å². The van der Waals surface area contributed by atoms with Gasteiger partial charge in [-0.15, -0.1) is 0 Å². The molecule has 1 unspecified atom stereocenters. The Morgan fingerprint density at radius 2 is 2.22 bits per heavy atom. The van der Waals surface area contributed by atoms with E-state index in [1.54, 1.807) is 17.3 Å². The molecule has 1 heterocycles. The Labute approximate surface area is 110 Å². The number of halogens is 1. The van der Waals surface area contributed by atoms with Crippen LogP contribution in [0.3, 0.4) is 0 Å². The van der Waals surface area contributed by atoms with E-state index in [9.17, 15) is 10.1 Å². The zero-order chi connectivity index (χ0) is 13.3. The third kappa shape index (κ3) is 2.36. The molecule has 0 amide bonds. The molecule has 94 valence electrons. The van der Waals surface area contributed by atoms with E-state index in [-0.39, 0.29) is 11.7 Å². The summed E-state index contributed by atoms with van der Waals surface area (Å²) in [5.41, 5.74) is 1.72. The maximum absolute atomic E-state index is 10.6. The number of hydrogen-bond donors (Lipinski definition) is 0. The van der Waals surface area contributed by atoms with Gasteiger partial charge >= 0.3 is 0 Å². The Morgan fingerprint density at radius 1 is 1.50 bits per heavy atom. The number of nitro groups is 1. The highest BCUT2D eigenvalue weighted by molar-refractivity contribution is 6.33. The molecule has 1 aliphatic rings. The standard InChI is InChI=1S/C12H12ClN3O2/c1-8-5-9(2)15(14-7-8)12-4-3-10(16(17)18)6-11(12)13/h3-7,9H,1-2H3.